The van der Waals surface area contributed by atoms with Gasteiger partial charge in [-0.3, -0.25) is 4.79 Å². The van der Waals surface area contributed by atoms with Gasteiger partial charge in [0.25, 0.3) is 5.91 Å². The fraction of sp³-hybridized carbons (Fsp3) is 0.310. The Hall–Kier alpha value is -3.40. The zero-order chi connectivity index (χ0) is 23.4. The number of carbonyl (C=O) groups is 2. The predicted octanol–water partition coefficient (Wildman–Crippen LogP) is 6.35. The van der Waals surface area contributed by atoms with Gasteiger partial charge >= 0.3 is 5.97 Å². The Bertz CT molecular complexity index is 890. The summed E-state index contributed by atoms with van der Waals surface area (Å²) < 4.78 is 0. The summed E-state index contributed by atoms with van der Waals surface area (Å²) >= 11 is 0. The number of hydroxylamine groups is 1. The maximum absolute atomic E-state index is 11.8. The van der Waals surface area contributed by atoms with Crippen molar-refractivity contribution in [1.29, 1.82) is 0 Å². The molecular formula is C29H33NO3. The summed E-state index contributed by atoms with van der Waals surface area (Å²) in [6.07, 6.45) is 5.35. The number of rotatable bonds is 11. The first-order valence-electron chi connectivity index (χ1n) is 11.8. The molecule has 0 saturated carbocycles. The number of amides is 1. The maximum atomic E-state index is 11.8. The predicted molar refractivity (Wildman–Crippen MR) is 131 cm³/mol. The number of unbranched alkanes of at least 4 members (excludes halogenated alkanes) is 3. The van der Waals surface area contributed by atoms with E-state index in [1.54, 1.807) is 6.92 Å². The van der Waals surface area contributed by atoms with Crippen molar-refractivity contribution in [3.05, 3.63) is 108 Å². The van der Waals surface area contributed by atoms with Gasteiger partial charge in [0.2, 0.25) is 0 Å². The summed E-state index contributed by atoms with van der Waals surface area (Å²) in [5.74, 6) is -0.675. The zero-order valence-corrected chi connectivity index (χ0v) is 19.3. The topological polar surface area (TPSA) is 55.4 Å². The van der Waals surface area contributed by atoms with Crippen molar-refractivity contribution in [2.45, 2.75) is 57.3 Å². The van der Waals surface area contributed by atoms with Crippen LogP contribution in [0.3, 0.4) is 0 Å². The van der Waals surface area contributed by atoms with Gasteiger partial charge in [-0.1, -0.05) is 117 Å². The molecule has 3 aromatic rings. The highest BCUT2D eigenvalue weighted by Gasteiger charge is 2.35. The molecule has 3 aromatic carbocycles. The molecule has 0 unspecified atom stereocenters. The molecule has 4 heteroatoms. The summed E-state index contributed by atoms with van der Waals surface area (Å²) in [6.45, 7) is 1.69. The second kappa shape index (κ2) is 12.6. The van der Waals surface area contributed by atoms with Crippen LogP contribution in [0, 0.1) is 0 Å². The third kappa shape index (κ3) is 6.55. The van der Waals surface area contributed by atoms with Crippen LogP contribution in [0.5, 0.6) is 0 Å². The first-order chi connectivity index (χ1) is 16.2. The van der Waals surface area contributed by atoms with Crippen LogP contribution >= 0.6 is 0 Å². The smallest absolute Gasteiger partial charge is 0.331 e. The second-order valence-corrected chi connectivity index (χ2v) is 8.27. The van der Waals surface area contributed by atoms with Crippen molar-refractivity contribution in [3.8, 4) is 0 Å². The molecule has 0 aromatic heterocycles. The lowest BCUT2D eigenvalue weighted by atomic mass is 9.66. The molecule has 0 heterocycles. The van der Waals surface area contributed by atoms with E-state index in [1.165, 1.54) is 16.7 Å². The van der Waals surface area contributed by atoms with Crippen molar-refractivity contribution in [1.82, 2.24) is 5.48 Å². The van der Waals surface area contributed by atoms with E-state index in [-0.39, 0.29) is 17.7 Å². The Kier molecular flexibility index (Phi) is 9.25. The van der Waals surface area contributed by atoms with Crippen molar-refractivity contribution in [2.24, 2.45) is 0 Å². The van der Waals surface area contributed by atoms with Gasteiger partial charge in [0.15, 0.2) is 0 Å². The lowest BCUT2D eigenvalue weighted by molar-refractivity contribution is -0.158. The van der Waals surface area contributed by atoms with Gasteiger partial charge in [0.1, 0.15) is 0 Å². The van der Waals surface area contributed by atoms with Crippen LogP contribution in [-0.2, 0) is 19.8 Å². The Morgan fingerprint density at radius 3 is 1.61 bits per heavy atom. The summed E-state index contributed by atoms with van der Waals surface area (Å²) in [5, 5.41) is 0. The number of hydrogen-bond acceptors (Lipinski definition) is 3. The van der Waals surface area contributed by atoms with Gasteiger partial charge in [-0.05, 0) is 29.5 Å². The van der Waals surface area contributed by atoms with Gasteiger partial charge in [-0.25, -0.2) is 4.79 Å². The molecule has 0 atom stereocenters. The number of nitrogens with one attached hydrogen (secondary N) is 1. The molecule has 172 valence electrons. The van der Waals surface area contributed by atoms with Crippen LogP contribution in [0.25, 0.3) is 0 Å². The lowest BCUT2D eigenvalue weighted by Gasteiger charge is -2.36. The fourth-order valence-electron chi connectivity index (χ4n) is 4.37. The van der Waals surface area contributed by atoms with E-state index in [9.17, 15) is 9.59 Å². The average molecular weight is 444 g/mol. The molecule has 0 radical (unpaired) electrons. The van der Waals surface area contributed by atoms with Gasteiger partial charge < -0.3 is 4.84 Å². The highest BCUT2D eigenvalue weighted by atomic mass is 16.7. The number of carbonyl (C=O) groups excluding carboxylic acids is 2. The Morgan fingerprint density at radius 2 is 1.15 bits per heavy atom. The van der Waals surface area contributed by atoms with Crippen LogP contribution in [0.2, 0.25) is 0 Å². The van der Waals surface area contributed by atoms with E-state index in [1.807, 2.05) is 0 Å². The third-order valence-corrected chi connectivity index (χ3v) is 6.07. The minimum absolute atomic E-state index is 0.227. The normalized spacial score (nSPS) is 11.1. The Labute approximate surface area is 197 Å². The van der Waals surface area contributed by atoms with E-state index in [4.69, 9.17) is 0 Å². The molecule has 1 amide bonds. The molecule has 0 fully saturated rings. The van der Waals surface area contributed by atoms with Gasteiger partial charge in [-0.2, -0.15) is 5.48 Å². The van der Waals surface area contributed by atoms with E-state index < -0.39 is 5.97 Å². The Morgan fingerprint density at radius 1 is 0.697 bits per heavy atom. The summed E-state index contributed by atoms with van der Waals surface area (Å²) in [4.78, 5) is 27.6. The molecule has 33 heavy (non-hydrogen) atoms. The van der Waals surface area contributed by atoms with Crippen LogP contribution in [-0.4, -0.2) is 11.9 Å². The summed E-state index contributed by atoms with van der Waals surface area (Å²) in [7, 11) is 0. The molecule has 3 rings (SSSR count). The summed E-state index contributed by atoms with van der Waals surface area (Å²) in [6, 6.07) is 32.2. The quantitative estimate of drug-likeness (QED) is 0.214. The second-order valence-electron chi connectivity index (χ2n) is 8.27. The molecular weight excluding hydrogens is 410 g/mol. The zero-order valence-electron chi connectivity index (χ0n) is 19.3. The molecule has 0 bridgehead atoms. The van der Waals surface area contributed by atoms with Crippen LogP contribution in [0.1, 0.15) is 68.6 Å². The summed E-state index contributed by atoms with van der Waals surface area (Å²) in [5.41, 5.74) is 5.87. The maximum Gasteiger partial charge on any atom is 0.331 e. The fourth-order valence-corrected chi connectivity index (χ4v) is 4.37. The molecule has 4 nitrogen and oxygen atoms in total. The third-order valence-electron chi connectivity index (χ3n) is 6.07. The largest absolute Gasteiger partial charge is 0.341 e. The number of hydrogen-bond donors (Lipinski definition) is 1. The molecule has 0 spiro atoms. The lowest BCUT2D eigenvalue weighted by Crippen LogP contribution is -2.29. The van der Waals surface area contributed by atoms with Gasteiger partial charge in [-0.15, -0.1) is 0 Å². The highest BCUT2D eigenvalue weighted by molar-refractivity contribution is 5.77. The van der Waals surface area contributed by atoms with E-state index >= 15 is 0 Å². The SMILES string of the molecule is CCC(=O)ONC(=O)CCCCCCC(c1ccccc1)(c1ccccc1)c1ccccc1. The van der Waals surface area contributed by atoms with Crippen LogP contribution < -0.4 is 5.48 Å². The first kappa shape index (κ1) is 24.2. The molecule has 0 aliphatic carbocycles. The number of benzene rings is 3. The van der Waals surface area contributed by atoms with Gasteiger partial charge in [0.05, 0.1) is 0 Å². The average Bonchev–Trinajstić information content (AvgIpc) is 2.88. The van der Waals surface area contributed by atoms with Crippen LogP contribution in [0.15, 0.2) is 91.0 Å². The Balaban J connectivity index is 1.69. The highest BCUT2D eigenvalue weighted by Crippen LogP contribution is 2.43. The van der Waals surface area contributed by atoms with E-state index in [0.717, 1.165) is 32.1 Å². The van der Waals surface area contributed by atoms with Crippen molar-refractivity contribution in [2.75, 3.05) is 0 Å². The monoisotopic (exact) mass is 443 g/mol. The van der Waals surface area contributed by atoms with Crippen molar-refractivity contribution >= 4 is 11.9 Å². The standard InChI is InChI=1S/C29H33NO3/c1-2-28(32)33-30-27(31)22-14-3-4-15-23-29(24-16-8-5-9-17-24,25-18-10-6-11-19-25)26-20-12-7-13-21-26/h5-13,16-21H,2-4,14-15,22-23H2,1H3,(H,30,31). The van der Waals surface area contributed by atoms with E-state index in [2.05, 4.69) is 101 Å². The van der Waals surface area contributed by atoms with Crippen molar-refractivity contribution < 1.29 is 14.4 Å². The molecule has 0 saturated heterocycles. The molecule has 1 N–H and O–H groups in total. The van der Waals surface area contributed by atoms with Crippen LogP contribution in [0.4, 0.5) is 0 Å². The molecule has 0 aliphatic rings. The first-order valence-corrected chi connectivity index (χ1v) is 11.8. The van der Waals surface area contributed by atoms with E-state index in [0.29, 0.717) is 6.42 Å². The molecule has 0 aliphatic heterocycles. The van der Waals surface area contributed by atoms with Gasteiger partial charge in [0, 0.05) is 18.3 Å². The minimum atomic E-state index is -0.428. The minimum Gasteiger partial charge on any atom is -0.341 e. The van der Waals surface area contributed by atoms with Crippen molar-refractivity contribution in [3.63, 3.8) is 0 Å².